The van der Waals surface area contributed by atoms with E-state index in [-0.39, 0.29) is 29.6 Å². The highest BCUT2D eigenvalue weighted by atomic mass is 16.5. The first kappa shape index (κ1) is 19.6. The Labute approximate surface area is 146 Å². The predicted octanol–water partition coefficient (Wildman–Crippen LogP) is 0.823. The second-order valence-corrected chi connectivity index (χ2v) is 8.00. The molecule has 0 aromatic rings. The van der Waals surface area contributed by atoms with E-state index in [0.717, 1.165) is 13.0 Å². The Morgan fingerprint density at radius 3 is 2.54 bits per heavy atom. The maximum atomic E-state index is 13.1. The second kappa shape index (κ2) is 7.28. The Balaban J connectivity index is 2.03. The van der Waals surface area contributed by atoms with Gasteiger partial charge in [-0.05, 0) is 20.3 Å². The number of carbonyl (C=O) groups excluding carboxylic acids is 1. The lowest BCUT2D eigenvalue weighted by atomic mass is 9.54. The van der Waals surface area contributed by atoms with Gasteiger partial charge in [0.2, 0.25) is 5.91 Å². The summed E-state index contributed by atoms with van der Waals surface area (Å²) in [5.41, 5.74) is 5.37. The van der Waals surface area contributed by atoms with Crippen molar-refractivity contribution in [1.29, 1.82) is 0 Å². The fourth-order valence-electron chi connectivity index (χ4n) is 4.12. The van der Waals surface area contributed by atoms with Crippen molar-refractivity contribution >= 4 is 5.91 Å². The summed E-state index contributed by atoms with van der Waals surface area (Å²) in [5, 5.41) is 9.66. The standard InChI is InChI=1S/C18H35N3O3/c1-6-14-12-21(9-8-20(14)11-13(3)22)16(23)18(19)10-15(24-7-2)17(18,4)5/h13-15,22H,6-12,19H2,1-5H3. The fourth-order valence-corrected chi connectivity index (χ4v) is 4.12. The van der Waals surface area contributed by atoms with E-state index in [1.807, 2.05) is 32.6 Å². The quantitative estimate of drug-likeness (QED) is 0.748. The van der Waals surface area contributed by atoms with Gasteiger partial charge in [0, 0.05) is 50.7 Å². The molecule has 2 fully saturated rings. The average Bonchev–Trinajstić information content (AvgIpc) is 2.53. The summed E-state index contributed by atoms with van der Waals surface area (Å²) in [4.78, 5) is 17.3. The van der Waals surface area contributed by atoms with Gasteiger partial charge in [-0.1, -0.05) is 20.8 Å². The molecule has 4 unspecified atom stereocenters. The van der Waals surface area contributed by atoms with Gasteiger partial charge < -0.3 is 20.5 Å². The smallest absolute Gasteiger partial charge is 0.243 e. The normalized spacial score (nSPS) is 34.7. The maximum Gasteiger partial charge on any atom is 0.243 e. The number of β-amino-alcohol motifs (C(OH)–C–C–N with tert-alkyl or cyclic N) is 1. The molecule has 1 heterocycles. The molecule has 1 amide bonds. The maximum absolute atomic E-state index is 13.1. The molecule has 1 aliphatic carbocycles. The van der Waals surface area contributed by atoms with Crippen molar-refractivity contribution in [2.45, 2.75) is 71.2 Å². The molecule has 2 aliphatic rings. The molecule has 0 aromatic heterocycles. The van der Waals surface area contributed by atoms with Gasteiger partial charge in [-0.3, -0.25) is 9.69 Å². The summed E-state index contributed by atoms with van der Waals surface area (Å²) in [6, 6.07) is 0.284. The minimum absolute atomic E-state index is 0.0509. The van der Waals surface area contributed by atoms with Crippen molar-refractivity contribution in [2.24, 2.45) is 11.1 Å². The topological polar surface area (TPSA) is 79.0 Å². The zero-order chi connectivity index (χ0) is 18.1. The van der Waals surface area contributed by atoms with Gasteiger partial charge in [0.05, 0.1) is 12.2 Å². The van der Waals surface area contributed by atoms with Crippen molar-refractivity contribution in [2.75, 3.05) is 32.8 Å². The number of piperazine rings is 1. The number of nitrogens with two attached hydrogens (primary N) is 1. The van der Waals surface area contributed by atoms with Gasteiger partial charge in [-0.25, -0.2) is 0 Å². The van der Waals surface area contributed by atoms with Gasteiger partial charge in [-0.15, -0.1) is 0 Å². The van der Waals surface area contributed by atoms with Crippen LogP contribution in [0.15, 0.2) is 0 Å². The van der Waals surface area contributed by atoms with Crippen LogP contribution in [0.3, 0.4) is 0 Å². The number of rotatable bonds is 6. The van der Waals surface area contributed by atoms with Crippen LogP contribution in [0.1, 0.15) is 47.5 Å². The van der Waals surface area contributed by atoms with E-state index < -0.39 is 5.54 Å². The SMILES string of the molecule is CCOC1CC(N)(C(=O)N2CCN(CC(C)O)C(CC)C2)C1(C)C. The summed E-state index contributed by atoms with van der Waals surface area (Å²) in [6.45, 7) is 13.5. The first-order valence-corrected chi connectivity index (χ1v) is 9.29. The highest BCUT2D eigenvalue weighted by Gasteiger charge is 2.63. The Bertz CT molecular complexity index is 455. The van der Waals surface area contributed by atoms with E-state index in [4.69, 9.17) is 10.5 Å². The number of nitrogens with zero attached hydrogens (tertiary/aromatic N) is 2. The van der Waals surface area contributed by atoms with Crippen molar-refractivity contribution in [1.82, 2.24) is 9.80 Å². The first-order valence-electron chi connectivity index (χ1n) is 9.29. The molecule has 1 saturated carbocycles. The van der Waals surface area contributed by atoms with E-state index in [1.165, 1.54) is 0 Å². The summed E-state index contributed by atoms with van der Waals surface area (Å²) >= 11 is 0. The van der Waals surface area contributed by atoms with Crippen LogP contribution in [0.25, 0.3) is 0 Å². The van der Waals surface area contributed by atoms with Gasteiger partial charge in [0.1, 0.15) is 5.54 Å². The zero-order valence-corrected chi connectivity index (χ0v) is 15.9. The van der Waals surface area contributed by atoms with Crippen molar-refractivity contribution in [3.63, 3.8) is 0 Å². The highest BCUT2D eigenvalue weighted by Crippen LogP contribution is 2.50. The minimum Gasteiger partial charge on any atom is -0.392 e. The van der Waals surface area contributed by atoms with E-state index >= 15 is 0 Å². The number of hydrogen-bond donors (Lipinski definition) is 2. The molecule has 1 aliphatic heterocycles. The van der Waals surface area contributed by atoms with Crippen LogP contribution in [-0.2, 0) is 9.53 Å². The predicted molar refractivity (Wildman–Crippen MR) is 94.6 cm³/mol. The van der Waals surface area contributed by atoms with Gasteiger partial charge in [0.15, 0.2) is 0 Å². The molecule has 6 heteroatoms. The lowest BCUT2D eigenvalue weighted by molar-refractivity contribution is -0.181. The van der Waals surface area contributed by atoms with Gasteiger partial charge >= 0.3 is 0 Å². The number of amides is 1. The molecular formula is C18H35N3O3. The van der Waals surface area contributed by atoms with E-state index in [0.29, 0.717) is 32.7 Å². The van der Waals surface area contributed by atoms with E-state index in [2.05, 4.69) is 11.8 Å². The molecule has 3 N–H and O–H groups in total. The lowest BCUT2D eigenvalue weighted by Gasteiger charge is -2.59. The van der Waals surface area contributed by atoms with Crippen LogP contribution >= 0.6 is 0 Å². The van der Waals surface area contributed by atoms with Crippen molar-refractivity contribution in [3.8, 4) is 0 Å². The molecule has 0 bridgehead atoms. The largest absolute Gasteiger partial charge is 0.392 e. The molecule has 0 aromatic carbocycles. The Morgan fingerprint density at radius 2 is 2.04 bits per heavy atom. The zero-order valence-electron chi connectivity index (χ0n) is 15.9. The molecule has 24 heavy (non-hydrogen) atoms. The number of aliphatic hydroxyl groups is 1. The van der Waals surface area contributed by atoms with Gasteiger partial charge in [0.25, 0.3) is 0 Å². The summed E-state index contributed by atoms with van der Waals surface area (Å²) in [6.07, 6.45) is 1.26. The molecule has 0 radical (unpaired) electrons. The van der Waals surface area contributed by atoms with Crippen LogP contribution in [0.2, 0.25) is 0 Å². The summed E-state index contributed by atoms with van der Waals surface area (Å²) < 4.78 is 5.74. The van der Waals surface area contributed by atoms with Crippen LogP contribution < -0.4 is 5.73 Å². The minimum atomic E-state index is -0.836. The Hall–Kier alpha value is -0.690. The molecule has 1 saturated heterocycles. The Morgan fingerprint density at radius 1 is 1.38 bits per heavy atom. The molecule has 6 nitrogen and oxygen atoms in total. The van der Waals surface area contributed by atoms with Crippen LogP contribution in [-0.4, -0.2) is 77.4 Å². The molecule has 140 valence electrons. The second-order valence-electron chi connectivity index (χ2n) is 8.00. The van der Waals surface area contributed by atoms with Crippen LogP contribution in [0.4, 0.5) is 0 Å². The molecule has 2 rings (SSSR count). The third-order valence-electron chi connectivity index (χ3n) is 6.07. The first-order chi connectivity index (χ1) is 11.2. The summed E-state index contributed by atoms with van der Waals surface area (Å²) in [7, 11) is 0. The lowest BCUT2D eigenvalue weighted by Crippen LogP contribution is -2.77. The number of carbonyl (C=O) groups is 1. The van der Waals surface area contributed by atoms with E-state index in [9.17, 15) is 9.90 Å². The van der Waals surface area contributed by atoms with Crippen molar-refractivity contribution in [3.05, 3.63) is 0 Å². The number of ether oxygens (including phenoxy) is 1. The average molecular weight is 341 g/mol. The Kier molecular flexibility index (Phi) is 5.95. The van der Waals surface area contributed by atoms with Crippen LogP contribution in [0.5, 0.6) is 0 Å². The molecule has 4 atom stereocenters. The number of aliphatic hydroxyl groups excluding tert-OH is 1. The fraction of sp³-hybridized carbons (Fsp3) is 0.944. The highest BCUT2D eigenvalue weighted by molar-refractivity contribution is 5.89. The molecule has 0 spiro atoms. The van der Waals surface area contributed by atoms with Crippen molar-refractivity contribution < 1.29 is 14.6 Å². The summed E-state index contributed by atoms with van der Waals surface area (Å²) in [5.74, 6) is 0.0543. The third-order valence-corrected chi connectivity index (χ3v) is 6.07. The van der Waals surface area contributed by atoms with Crippen LogP contribution in [0, 0.1) is 5.41 Å². The van der Waals surface area contributed by atoms with Gasteiger partial charge in [-0.2, -0.15) is 0 Å². The molecular weight excluding hydrogens is 306 g/mol. The monoisotopic (exact) mass is 341 g/mol. The van der Waals surface area contributed by atoms with E-state index in [1.54, 1.807) is 0 Å². The third kappa shape index (κ3) is 3.34. The number of hydrogen-bond acceptors (Lipinski definition) is 5.